The zero-order chi connectivity index (χ0) is 16.8. The Kier molecular flexibility index (Phi) is 3.16. The maximum Gasteiger partial charge on any atom is 0.262 e. The first kappa shape index (κ1) is 14.5. The van der Waals surface area contributed by atoms with Crippen molar-refractivity contribution in [2.24, 2.45) is 0 Å². The lowest BCUT2D eigenvalue weighted by atomic mass is 10.1. The van der Waals surface area contributed by atoms with Gasteiger partial charge in [-0.15, -0.1) is 0 Å². The van der Waals surface area contributed by atoms with E-state index in [1.165, 1.54) is 10.6 Å². The van der Waals surface area contributed by atoms with E-state index in [2.05, 4.69) is 10.2 Å². The molecule has 1 saturated heterocycles. The zero-order valence-corrected chi connectivity index (χ0v) is 12.9. The van der Waals surface area contributed by atoms with Gasteiger partial charge in [0.05, 0.1) is 22.5 Å². The molecule has 24 heavy (non-hydrogen) atoms. The summed E-state index contributed by atoms with van der Waals surface area (Å²) in [6.45, 7) is 1.82. The van der Waals surface area contributed by atoms with Gasteiger partial charge < -0.3 is 10.6 Å². The van der Waals surface area contributed by atoms with E-state index in [9.17, 15) is 14.4 Å². The molecule has 1 aromatic carbocycles. The number of imide groups is 1. The van der Waals surface area contributed by atoms with Crippen molar-refractivity contribution in [3.05, 3.63) is 51.8 Å². The summed E-state index contributed by atoms with van der Waals surface area (Å²) in [6, 6.07) is 8.63. The van der Waals surface area contributed by atoms with E-state index in [0.29, 0.717) is 5.69 Å². The molecule has 2 amide bonds. The number of aromatic nitrogens is 1. The van der Waals surface area contributed by atoms with Crippen molar-refractivity contribution in [2.75, 3.05) is 23.7 Å². The van der Waals surface area contributed by atoms with Crippen LogP contribution in [0.1, 0.15) is 33.6 Å². The fourth-order valence-corrected chi connectivity index (χ4v) is 3.41. The van der Waals surface area contributed by atoms with Crippen molar-refractivity contribution >= 4 is 23.3 Å². The minimum Gasteiger partial charge on any atom is -0.384 e. The highest BCUT2D eigenvalue weighted by atomic mass is 16.2. The highest BCUT2D eigenvalue weighted by Crippen LogP contribution is 2.30. The molecule has 4 rings (SSSR count). The van der Waals surface area contributed by atoms with Gasteiger partial charge in [0.15, 0.2) is 0 Å². The van der Waals surface area contributed by atoms with Crippen LogP contribution in [0.2, 0.25) is 0 Å². The third kappa shape index (κ3) is 2.01. The minimum absolute atomic E-state index is 0.00695. The minimum atomic E-state index is -0.584. The number of nitrogens with zero attached hydrogens (tertiary/aromatic N) is 2. The molecule has 7 nitrogen and oxygen atoms in total. The molecule has 2 aliphatic rings. The summed E-state index contributed by atoms with van der Waals surface area (Å²) in [5.41, 5.74) is 7.31. The van der Waals surface area contributed by atoms with Crippen LogP contribution >= 0.6 is 0 Å². The summed E-state index contributed by atoms with van der Waals surface area (Å²) in [5, 5.41) is 2.18. The van der Waals surface area contributed by atoms with E-state index in [-0.39, 0.29) is 16.9 Å². The Labute approximate surface area is 137 Å². The quantitative estimate of drug-likeness (QED) is 0.800. The van der Waals surface area contributed by atoms with E-state index in [4.69, 9.17) is 5.73 Å². The lowest BCUT2D eigenvalue weighted by molar-refractivity contribution is 0.0880. The Hall–Kier alpha value is -3.09. The van der Waals surface area contributed by atoms with Crippen LogP contribution in [-0.4, -0.2) is 29.5 Å². The van der Waals surface area contributed by atoms with Gasteiger partial charge in [-0.3, -0.25) is 24.3 Å². The molecule has 2 aliphatic heterocycles. The second-order valence-electron chi connectivity index (χ2n) is 5.96. The molecule has 1 aromatic heterocycles. The molecule has 0 unspecified atom stereocenters. The Balaban J connectivity index is 1.96. The molecular weight excluding hydrogens is 308 g/mol. The topological polar surface area (TPSA) is 97.4 Å². The molecule has 0 saturated carbocycles. The molecule has 3 heterocycles. The van der Waals surface area contributed by atoms with Gasteiger partial charge in [0.2, 0.25) is 0 Å². The predicted molar refractivity (Wildman–Crippen MR) is 89.7 cm³/mol. The number of carbonyl (C=O) groups excluding carboxylic acids is 2. The first-order chi connectivity index (χ1) is 11.6. The van der Waals surface area contributed by atoms with Gasteiger partial charge in [-0.05, 0) is 25.0 Å². The van der Waals surface area contributed by atoms with Gasteiger partial charge in [-0.2, -0.15) is 0 Å². The number of nitrogens with two attached hydrogens (primary N) is 1. The van der Waals surface area contributed by atoms with E-state index < -0.39 is 17.4 Å². The van der Waals surface area contributed by atoms with Gasteiger partial charge in [-0.25, -0.2) is 0 Å². The second kappa shape index (κ2) is 5.23. The number of carbonyl (C=O) groups is 2. The lowest BCUT2D eigenvalue weighted by Crippen LogP contribution is -2.27. The maximum absolute atomic E-state index is 12.6. The number of anilines is 2. The number of hydrogen-bond donors (Lipinski definition) is 2. The molecule has 3 N–H and O–H groups in total. The largest absolute Gasteiger partial charge is 0.384 e. The Morgan fingerprint density at radius 1 is 0.958 bits per heavy atom. The van der Waals surface area contributed by atoms with Crippen LogP contribution in [0.15, 0.2) is 35.1 Å². The van der Waals surface area contributed by atoms with Gasteiger partial charge in [0, 0.05) is 19.2 Å². The van der Waals surface area contributed by atoms with Crippen molar-refractivity contribution in [3.63, 3.8) is 0 Å². The molecule has 0 bridgehead atoms. The smallest absolute Gasteiger partial charge is 0.262 e. The van der Waals surface area contributed by atoms with E-state index in [1.807, 2.05) is 18.2 Å². The highest BCUT2D eigenvalue weighted by molar-refractivity contribution is 6.23. The van der Waals surface area contributed by atoms with Crippen LogP contribution in [0.25, 0.3) is 5.69 Å². The first-order valence-corrected chi connectivity index (χ1v) is 7.83. The molecule has 2 aromatic rings. The van der Waals surface area contributed by atoms with E-state index in [0.717, 1.165) is 31.6 Å². The third-order valence-corrected chi connectivity index (χ3v) is 4.52. The van der Waals surface area contributed by atoms with Crippen LogP contribution in [0.5, 0.6) is 0 Å². The number of nitrogens with one attached hydrogen (secondary N) is 1. The third-order valence-electron chi connectivity index (χ3n) is 4.52. The number of para-hydroxylation sites is 2. The first-order valence-electron chi connectivity index (χ1n) is 7.83. The summed E-state index contributed by atoms with van der Waals surface area (Å²) < 4.78 is 1.31. The van der Waals surface area contributed by atoms with E-state index in [1.54, 1.807) is 6.07 Å². The fourth-order valence-electron chi connectivity index (χ4n) is 3.41. The average molecular weight is 324 g/mol. The van der Waals surface area contributed by atoms with Crippen LogP contribution in [0.4, 0.5) is 11.5 Å². The van der Waals surface area contributed by atoms with Crippen LogP contribution in [-0.2, 0) is 0 Å². The maximum atomic E-state index is 12.6. The fraction of sp³-hybridized carbons (Fsp3) is 0.235. The Morgan fingerprint density at radius 2 is 1.62 bits per heavy atom. The summed E-state index contributed by atoms with van der Waals surface area (Å²) >= 11 is 0. The number of fused-ring (bicyclic) bond motifs is 1. The van der Waals surface area contributed by atoms with Crippen molar-refractivity contribution < 1.29 is 9.59 Å². The van der Waals surface area contributed by atoms with Gasteiger partial charge >= 0.3 is 0 Å². The predicted octanol–water partition coefficient (Wildman–Crippen LogP) is 0.903. The number of benzene rings is 1. The highest BCUT2D eigenvalue weighted by Gasteiger charge is 2.32. The van der Waals surface area contributed by atoms with Crippen molar-refractivity contribution in [2.45, 2.75) is 12.8 Å². The standard InChI is InChI=1S/C17H16N4O3/c18-15-14-10(16(23)19-17(14)24)9-13(22)21(15)12-6-2-1-5-11(12)20-7-3-4-8-20/h1-2,5-6,9H,3-4,7-8,18H2,(H,19,23,24). The molecule has 122 valence electrons. The molecule has 1 fully saturated rings. The number of pyridine rings is 1. The van der Waals surface area contributed by atoms with Crippen LogP contribution in [0, 0.1) is 0 Å². The second-order valence-corrected chi connectivity index (χ2v) is 5.96. The lowest BCUT2D eigenvalue weighted by Gasteiger charge is -2.23. The molecule has 0 radical (unpaired) electrons. The zero-order valence-electron chi connectivity index (χ0n) is 12.9. The number of hydrogen-bond acceptors (Lipinski definition) is 5. The molecule has 7 heteroatoms. The molecule has 0 atom stereocenters. The summed E-state index contributed by atoms with van der Waals surface area (Å²) in [6.07, 6.45) is 2.19. The Morgan fingerprint density at radius 3 is 2.33 bits per heavy atom. The number of nitrogen functional groups attached to an aromatic ring is 1. The molecule has 0 aliphatic carbocycles. The summed E-state index contributed by atoms with van der Waals surface area (Å²) in [7, 11) is 0. The average Bonchev–Trinajstić information content (AvgIpc) is 3.17. The monoisotopic (exact) mass is 324 g/mol. The van der Waals surface area contributed by atoms with Gasteiger partial charge in [0.25, 0.3) is 17.4 Å². The Bertz CT molecular complexity index is 926. The normalized spacial score (nSPS) is 16.4. The molecular formula is C17H16N4O3. The summed E-state index contributed by atoms with van der Waals surface area (Å²) in [5.74, 6) is -1.16. The number of amides is 2. The van der Waals surface area contributed by atoms with Crippen molar-refractivity contribution in [1.29, 1.82) is 0 Å². The van der Waals surface area contributed by atoms with E-state index >= 15 is 0 Å². The van der Waals surface area contributed by atoms with Crippen molar-refractivity contribution in [1.82, 2.24) is 9.88 Å². The number of rotatable bonds is 2. The molecule has 0 spiro atoms. The van der Waals surface area contributed by atoms with Gasteiger partial charge in [-0.1, -0.05) is 12.1 Å². The van der Waals surface area contributed by atoms with Crippen molar-refractivity contribution in [3.8, 4) is 5.69 Å². The summed E-state index contributed by atoms with van der Waals surface area (Å²) in [4.78, 5) is 38.5. The van der Waals surface area contributed by atoms with Gasteiger partial charge in [0.1, 0.15) is 5.82 Å². The van der Waals surface area contributed by atoms with Crippen LogP contribution in [0.3, 0.4) is 0 Å². The van der Waals surface area contributed by atoms with Crippen LogP contribution < -0.4 is 21.5 Å². The SMILES string of the molecule is Nc1c2c(cc(=O)n1-c1ccccc1N1CCCC1)C(=O)NC2=O.